The van der Waals surface area contributed by atoms with Gasteiger partial charge in [0.25, 0.3) is 0 Å². The monoisotopic (exact) mass is 547 g/mol. The van der Waals surface area contributed by atoms with Crippen LogP contribution in [0.1, 0.15) is 25.0 Å². The summed E-state index contributed by atoms with van der Waals surface area (Å²) in [5, 5.41) is 11.6. The number of imidazole rings is 1. The minimum atomic E-state index is -0.478. The molecule has 2 aliphatic rings. The predicted octanol–water partition coefficient (Wildman–Crippen LogP) is 5.39. The first-order valence-electron chi connectivity index (χ1n) is 13.3. The minimum Gasteiger partial charge on any atom is -0.507 e. The molecule has 2 aromatic carbocycles. The van der Waals surface area contributed by atoms with E-state index < -0.39 is 5.82 Å². The fraction of sp³-hybridized carbons (Fsp3) is 0.333. The number of phenolic OH excluding ortho intramolecular Hbond substituents is 1. The zero-order valence-corrected chi connectivity index (χ0v) is 22.8. The Morgan fingerprint density at radius 3 is 2.31 bits per heavy atom. The largest absolute Gasteiger partial charge is 0.507 e. The van der Waals surface area contributed by atoms with Crippen LogP contribution >= 0.6 is 11.6 Å². The zero-order chi connectivity index (χ0) is 27.3. The molecule has 2 fully saturated rings. The number of aryl methyl sites for hydroxylation is 2. The minimum absolute atomic E-state index is 0.0523. The van der Waals surface area contributed by atoms with E-state index in [4.69, 9.17) is 11.6 Å². The van der Waals surface area contributed by atoms with Gasteiger partial charge in [0.1, 0.15) is 11.6 Å². The maximum Gasteiger partial charge on any atom is 0.332 e. The van der Waals surface area contributed by atoms with Crippen molar-refractivity contribution < 1.29 is 9.50 Å². The summed E-state index contributed by atoms with van der Waals surface area (Å²) in [4.78, 5) is 21.9. The van der Waals surface area contributed by atoms with Crippen LogP contribution in [0.4, 0.5) is 10.1 Å². The Morgan fingerprint density at radius 1 is 0.974 bits per heavy atom. The number of hydrogen-bond donors (Lipinski definition) is 1. The Hall–Kier alpha value is -3.62. The molecule has 9 heteroatoms. The van der Waals surface area contributed by atoms with Gasteiger partial charge in [-0.3, -0.25) is 14.5 Å². The number of anilines is 1. The molecular formula is C30H31ClFN5O2. The van der Waals surface area contributed by atoms with E-state index in [1.165, 1.54) is 40.5 Å². The average molecular weight is 548 g/mol. The molecule has 39 heavy (non-hydrogen) atoms. The van der Waals surface area contributed by atoms with Gasteiger partial charge in [0, 0.05) is 74.5 Å². The molecule has 1 saturated heterocycles. The number of aromatic hydroxyl groups is 1. The summed E-state index contributed by atoms with van der Waals surface area (Å²) in [5.74, 6) is -0.531. The van der Waals surface area contributed by atoms with E-state index in [0.29, 0.717) is 33.0 Å². The molecular weight excluding hydrogens is 517 g/mol. The number of halogens is 2. The lowest BCUT2D eigenvalue weighted by Crippen LogP contribution is -2.52. The van der Waals surface area contributed by atoms with Crippen molar-refractivity contribution >= 4 is 17.3 Å². The first-order chi connectivity index (χ1) is 18.8. The maximum atomic E-state index is 14.9. The topological polar surface area (TPSA) is 66.5 Å². The molecule has 202 valence electrons. The smallest absolute Gasteiger partial charge is 0.332 e. The fourth-order valence-electron chi connectivity index (χ4n) is 5.63. The van der Waals surface area contributed by atoms with E-state index in [1.807, 2.05) is 13.0 Å². The van der Waals surface area contributed by atoms with Gasteiger partial charge in [-0.15, -0.1) is 0 Å². The summed E-state index contributed by atoms with van der Waals surface area (Å²) in [5.41, 5.74) is 4.06. The van der Waals surface area contributed by atoms with Crippen LogP contribution in [0.2, 0.25) is 5.02 Å². The number of piperazine rings is 1. The second-order valence-electron chi connectivity index (χ2n) is 10.5. The molecule has 0 bridgehead atoms. The molecule has 0 atom stereocenters. The van der Waals surface area contributed by atoms with Crippen molar-refractivity contribution in [2.24, 2.45) is 7.05 Å². The number of phenols is 1. The van der Waals surface area contributed by atoms with Gasteiger partial charge >= 0.3 is 5.69 Å². The van der Waals surface area contributed by atoms with Crippen molar-refractivity contribution in [1.82, 2.24) is 19.0 Å². The maximum absolute atomic E-state index is 14.9. The van der Waals surface area contributed by atoms with Crippen LogP contribution < -0.4 is 10.6 Å². The number of rotatable bonds is 5. The molecule has 4 aromatic rings. The first kappa shape index (κ1) is 25.6. The van der Waals surface area contributed by atoms with Crippen LogP contribution in [0.3, 0.4) is 0 Å². The van der Waals surface area contributed by atoms with E-state index in [2.05, 4.69) is 14.8 Å². The highest BCUT2D eigenvalue weighted by atomic mass is 35.5. The quantitative estimate of drug-likeness (QED) is 0.363. The third-order valence-corrected chi connectivity index (χ3v) is 8.46. The highest BCUT2D eigenvalue weighted by molar-refractivity contribution is 6.32. The summed E-state index contributed by atoms with van der Waals surface area (Å²) in [6, 6.07) is 10.4. The summed E-state index contributed by atoms with van der Waals surface area (Å²) >= 11 is 6.55. The molecule has 1 aliphatic heterocycles. The number of pyridine rings is 1. The highest BCUT2D eigenvalue weighted by Crippen LogP contribution is 2.41. The van der Waals surface area contributed by atoms with E-state index in [1.54, 1.807) is 43.8 Å². The molecule has 6 rings (SSSR count). The van der Waals surface area contributed by atoms with E-state index in [0.717, 1.165) is 43.6 Å². The molecule has 1 aliphatic carbocycles. The van der Waals surface area contributed by atoms with Crippen LogP contribution in [0.5, 0.6) is 5.75 Å². The molecule has 0 amide bonds. The van der Waals surface area contributed by atoms with Gasteiger partial charge in [0.2, 0.25) is 0 Å². The third-order valence-electron chi connectivity index (χ3n) is 8.16. The standard InChI is InChI=1S/C30H31ClFN5O2/c1-19-28(36-11-9-35(10-12-36)23-4-3-5-23)15-21(18-33-19)25-17-22(32)16-24(29(25)38)20-6-7-27(26(31)14-20)37-13-8-34(2)30(37)39/h6-8,13-18,23,38H,3-5,9-12H2,1-2H3. The molecule has 2 aromatic heterocycles. The van der Waals surface area contributed by atoms with Gasteiger partial charge in [0.05, 0.1) is 22.1 Å². The van der Waals surface area contributed by atoms with Crippen LogP contribution in [0.15, 0.2) is 59.8 Å². The number of aromatic nitrogens is 3. The molecule has 1 saturated carbocycles. The summed E-state index contributed by atoms with van der Waals surface area (Å²) in [6.45, 7) is 5.86. The lowest BCUT2D eigenvalue weighted by molar-refractivity contribution is 0.120. The second kappa shape index (κ2) is 10.2. The molecule has 3 heterocycles. The Labute approximate surface area is 231 Å². The molecule has 1 N–H and O–H groups in total. The molecule has 0 radical (unpaired) electrons. The Balaban J connectivity index is 1.32. The van der Waals surface area contributed by atoms with Gasteiger partial charge in [-0.05, 0) is 55.7 Å². The van der Waals surface area contributed by atoms with Crippen molar-refractivity contribution in [3.8, 4) is 33.7 Å². The number of benzene rings is 2. The Morgan fingerprint density at radius 2 is 1.69 bits per heavy atom. The van der Waals surface area contributed by atoms with Crippen molar-refractivity contribution in [2.45, 2.75) is 32.2 Å². The van der Waals surface area contributed by atoms with Crippen molar-refractivity contribution in [2.75, 3.05) is 31.1 Å². The normalized spacial score (nSPS) is 16.5. The van der Waals surface area contributed by atoms with Crippen molar-refractivity contribution in [3.05, 3.63) is 82.0 Å². The Bertz CT molecular complexity index is 1600. The average Bonchev–Trinajstić information content (AvgIpc) is 3.23. The fourth-order valence-corrected chi connectivity index (χ4v) is 5.90. The Kier molecular flexibility index (Phi) is 6.69. The van der Waals surface area contributed by atoms with Crippen LogP contribution in [-0.4, -0.2) is 56.3 Å². The second-order valence-corrected chi connectivity index (χ2v) is 10.9. The zero-order valence-electron chi connectivity index (χ0n) is 22.1. The molecule has 0 unspecified atom stereocenters. The van der Waals surface area contributed by atoms with Crippen LogP contribution in [-0.2, 0) is 7.05 Å². The lowest BCUT2D eigenvalue weighted by atomic mass is 9.91. The highest BCUT2D eigenvalue weighted by Gasteiger charge is 2.28. The van der Waals surface area contributed by atoms with Gasteiger partial charge in [0.15, 0.2) is 0 Å². The van der Waals surface area contributed by atoms with Crippen molar-refractivity contribution in [3.63, 3.8) is 0 Å². The first-order valence-corrected chi connectivity index (χ1v) is 13.7. The van der Waals surface area contributed by atoms with E-state index in [-0.39, 0.29) is 11.4 Å². The van der Waals surface area contributed by atoms with Crippen molar-refractivity contribution in [1.29, 1.82) is 0 Å². The van der Waals surface area contributed by atoms with Gasteiger partial charge in [-0.25, -0.2) is 9.18 Å². The van der Waals surface area contributed by atoms with Gasteiger partial charge in [-0.1, -0.05) is 24.1 Å². The predicted molar refractivity (Wildman–Crippen MR) is 152 cm³/mol. The van der Waals surface area contributed by atoms with Crippen LogP contribution in [0.25, 0.3) is 27.9 Å². The van der Waals surface area contributed by atoms with Gasteiger partial charge in [-0.2, -0.15) is 0 Å². The SMILES string of the molecule is Cc1ncc(-c2cc(F)cc(-c3ccc(-n4ccn(C)c4=O)c(Cl)c3)c2O)cc1N1CCN(C2CCC2)CC1. The molecule has 0 spiro atoms. The van der Waals surface area contributed by atoms with Crippen LogP contribution in [0, 0.1) is 12.7 Å². The summed E-state index contributed by atoms with van der Waals surface area (Å²) in [6.07, 6.45) is 8.90. The van der Waals surface area contributed by atoms with Gasteiger partial charge < -0.3 is 14.6 Å². The lowest BCUT2D eigenvalue weighted by Gasteiger charge is -2.43. The third kappa shape index (κ3) is 4.72. The summed E-state index contributed by atoms with van der Waals surface area (Å²) < 4.78 is 17.8. The van der Waals surface area contributed by atoms with E-state index in [9.17, 15) is 14.3 Å². The number of nitrogens with zero attached hydrogens (tertiary/aromatic N) is 5. The van der Waals surface area contributed by atoms with E-state index >= 15 is 0 Å². The number of hydrogen-bond acceptors (Lipinski definition) is 5. The summed E-state index contributed by atoms with van der Waals surface area (Å²) in [7, 11) is 1.66. The molecule has 7 nitrogen and oxygen atoms in total.